The summed E-state index contributed by atoms with van der Waals surface area (Å²) >= 11 is 0. The molecule has 34 heavy (non-hydrogen) atoms. The van der Waals surface area contributed by atoms with Crippen LogP contribution in [-0.4, -0.2) is 51.8 Å². The number of ether oxygens (including phenoxy) is 2. The van der Waals surface area contributed by atoms with Crippen LogP contribution in [0, 0.1) is 40.9 Å². The van der Waals surface area contributed by atoms with Gasteiger partial charge in [0.1, 0.15) is 12.2 Å². The van der Waals surface area contributed by atoms with E-state index < -0.39 is 5.60 Å². The molecule has 0 amide bonds. The predicted octanol–water partition coefficient (Wildman–Crippen LogP) is 4.03. The zero-order chi connectivity index (χ0) is 23.9. The Balaban J connectivity index is 1.21. The molecule has 190 valence electrons. The molecule has 5 rings (SSSR count). The monoisotopic (exact) mass is 473 g/mol. The molecule has 1 N–H and O–H groups in total. The van der Waals surface area contributed by atoms with Gasteiger partial charge in [0.15, 0.2) is 5.78 Å². The van der Waals surface area contributed by atoms with Crippen LogP contribution in [0.5, 0.6) is 0 Å². The highest BCUT2D eigenvalue weighted by atomic mass is 16.5. The van der Waals surface area contributed by atoms with Crippen molar-refractivity contribution < 1.29 is 19.4 Å². The SMILES string of the molecule is COCCOCc1cn(CC(=O)[C@H]2CC[C@H]3[C@@H]4CC[C@@H]5C[C@](C)(O)CC[C@@H]5C4CC[C@]23C)nn1. The predicted molar refractivity (Wildman–Crippen MR) is 128 cm³/mol. The summed E-state index contributed by atoms with van der Waals surface area (Å²) in [4.78, 5) is 13.5. The van der Waals surface area contributed by atoms with Crippen LogP contribution in [-0.2, 0) is 27.4 Å². The zero-order valence-corrected chi connectivity index (χ0v) is 21.2. The third-order valence-corrected chi connectivity index (χ3v) is 10.2. The van der Waals surface area contributed by atoms with Crippen molar-refractivity contribution in [1.29, 1.82) is 0 Å². The summed E-state index contributed by atoms with van der Waals surface area (Å²) in [6.45, 7) is 6.23. The van der Waals surface area contributed by atoms with E-state index in [1.165, 1.54) is 38.5 Å². The molecule has 1 heterocycles. The Morgan fingerprint density at radius 1 is 1.09 bits per heavy atom. The van der Waals surface area contributed by atoms with Crippen LogP contribution in [0.4, 0.5) is 0 Å². The molecule has 8 atom stereocenters. The number of hydrogen-bond acceptors (Lipinski definition) is 6. The number of aliphatic hydroxyl groups is 1. The van der Waals surface area contributed by atoms with Crippen LogP contribution >= 0.6 is 0 Å². The molecule has 4 aliphatic carbocycles. The topological polar surface area (TPSA) is 86.5 Å². The maximum atomic E-state index is 13.5. The quantitative estimate of drug-likeness (QED) is 0.574. The maximum Gasteiger partial charge on any atom is 0.157 e. The Kier molecular flexibility index (Phi) is 6.90. The van der Waals surface area contributed by atoms with Gasteiger partial charge >= 0.3 is 0 Å². The van der Waals surface area contributed by atoms with Gasteiger partial charge in [-0.1, -0.05) is 12.1 Å². The van der Waals surface area contributed by atoms with Crippen molar-refractivity contribution in [3.63, 3.8) is 0 Å². The molecule has 0 aromatic carbocycles. The number of ketones is 1. The van der Waals surface area contributed by atoms with Crippen molar-refractivity contribution in [3.05, 3.63) is 11.9 Å². The highest BCUT2D eigenvalue weighted by Crippen LogP contribution is 2.64. The van der Waals surface area contributed by atoms with Crippen LogP contribution in [0.1, 0.15) is 77.3 Å². The number of carbonyl (C=O) groups is 1. The molecule has 4 fully saturated rings. The van der Waals surface area contributed by atoms with Crippen molar-refractivity contribution >= 4 is 5.78 Å². The lowest BCUT2D eigenvalue weighted by molar-refractivity contribution is -0.133. The number of carbonyl (C=O) groups excluding carboxylic acids is 1. The van der Waals surface area contributed by atoms with E-state index >= 15 is 0 Å². The Morgan fingerprint density at radius 2 is 1.91 bits per heavy atom. The number of hydrogen-bond donors (Lipinski definition) is 1. The van der Waals surface area contributed by atoms with Gasteiger partial charge in [0.25, 0.3) is 0 Å². The molecular weight excluding hydrogens is 430 g/mol. The zero-order valence-electron chi connectivity index (χ0n) is 21.2. The molecular formula is C27H43N3O4. The number of aromatic nitrogens is 3. The molecule has 7 heteroatoms. The van der Waals surface area contributed by atoms with Gasteiger partial charge in [0.2, 0.25) is 0 Å². The molecule has 1 aromatic rings. The van der Waals surface area contributed by atoms with E-state index in [1.54, 1.807) is 11.8 Å². The van der Waals surface area contributed by atoms with Gasteiger partial charge in [-0.25, -0.2) is 4.68 Å². The molecule has 0 saturated heterocycles. The van der Waals surface area contributed by atoms with Crippen molar-refractivity contribution in [3.8, 4) is 0 Å². The number of rotatable bonds is 8. The second kappa shape index (κ2) is 9.62. The van der Waals surface area contributed by atoms with Crippen LogP contribution in [0.3, 0.4) is 0 Å². The van der Waals surface area contributed by atoms with Gasteiger partial charge in [-0.05, 0) is 99.7 Å². The second-order valence-corrected chi connectivity index (χ2v) is 12.3. The van der Waals surface area contributed by atoms with E-state index in [4.69, 9.17) is 9.47 Å². The van der Waals surface area contributed by atoms with E-state index in [0.717, 1.165) is 42.7 Å². The molecule has 0 bridgehead atoms. The van der Waals surface area contributed by atoms with Crippen molar-refractivity contribution in [2.24, 2.45) is 40.9 Å². The molecule has 0 spiro atoms. The first-order valence-electron chi connectivity index (χ1n) is 13.5. The summed E-state index contributed by atoms with van der Waals surface area (Å²) in [6, 6.07) is 0. The summed E-state index contributed by atoms with van der Waals surface area (Å²) < 4.78 is 12.2. The number of nitrogens with zero attached hydrogens (tertiary/aromatic N) is 3. The average Bonchev–Trinajstić information content (AvgIpc) is 3.39. The molecule has 4 aliphatic rings. The van der Waals surface area contributed by atoms with Crippen molar-refractivity contribution in [1.82, 2.24) is 15.0 Å². The fourth-order valence-electron chi connectivity index (χ4n) is 8.68. The highest BCUT2D eigenvalue weighted by molar-refractivity contribution is 5.82. The third kappa shape index (κ3) is 4.60. The minimum Gasteiger partial charge on any atom is -0.390 e. The lowest BCUT2D eigenvalue weighted by Gasteiger charge is -2.56. The lowest BCUT2D eigenvalue weighted by atomic mass is 9.49. The average molecular weight is 474 g/mol. The number of fused-ring (bicyclic) bond motifs is 5. The minimum absolute atomic E-state index is 0.123. The van der Waals surface area contributed by atoms with E-state index in [9.17, 15) is 9.90 Å². The van der Waals surface area contributed by atoms with E-state index in [1.807, 2.05) is 13.1 Å². The number of methoxy groups -OCH3 is 1. The Hall–Kier alpha value is -1.31. The minimum atomic E-state index is -0.459. The summed E-state index contributed by atoms with van der Waals surface area (Å²) in [5, 5.41) is 19.0. The van der Waals surface area contributed by atoms with Gasteiger partial charge < -0.3 is 14.6 Å². The summed E-state index contributed by atoms with van der Waals surface area (Å²) in [7, 11) is 1.65. The normalized spacial score (nSPS) is 41.5. The first kappa shape index (κ1) is 24.4. The van der Waals surface area contributed by atoms with Gasteiger partial charge in [0.05, 0.1) is 31.6 Å². The molecule has 1 aromatic heterocycles. The fourth-order valence-corrected chi connectivity index (χ4v) is 8.68. The van der Waals surface area contributed by atoms with Gasteiger partial charge in [-0.15, -0.1) is 5.10 Å². The van der Waals surface area contributed by atoms with Crippen LogP contribution in [0.25, 0.3) is 0 Å². The van der Waals surface area contributed by atoms with E-state index in [2.05, 4.69) is 17.2 Å². The van der Waals surface area contributed by atoms with Gasteiger partial charge in [-0.3, -0.25) is 4.79 Å². The Morgan fingerprint density at radius 3 is 2.74 bits per heavy atom. The first-order valence-corrected chi connectivity index (χ1v) is 13.5. The summed E-state index contributed by atoms with van der Waals surface area (Å²) in [5.74, 6) is 4.19. The second-order valence-electron chi connectivity index (χ2n) is 12.3. The van der Waals surface area contributed by atoms with Crippen LogP contribution in [0.15, 0.2) is 6.20 Å². The summed E-state index contributed by atoms with van der Waals surface area (Å²) in [5.41, 5.74) is 0.417. The van der Waals surface area contributed by atoms with Crippen molar-refractivity contribution in [2.75, 3.05) is 20.3 Å². The Bertz CT molecular complexity index is 870. The molecule has 4 saturated carbocycles. The van der Waals surface area contributed by atoms with Gasteiger partial charge in [-0.2, -0.15) is 0 Å². The smallest absolute Gasteiger partial charge is 0.157 e. The molecule has 7 nitrogen and oxygen atoms in total. The standard InChI is InChI=1S/C27H43N3O4/c1-26(32)10-8-20-18(14-26)4-5-22-21(20)9-11-27(2)23(22)6-7-24(27)25(31)16-30-15-19(28-29-30)17-34-13-12-33-3/h15,18,20-24,32H,4-14,16-17H2,1-3H3/t18-,20+,21?,22-,23+,24-,26-,27+/m1/s1. The summed E-state index contributed by atoms with van der Waals surface area (Å²) in [6.07, 6.45) is 12.2. The molecule has 0 radical (unpaired) electrons. The third-order valence-electron chi connectivity index (χ3n) is 10.2. The Labute approximate surface area is 204 Å². The maximum absolute atomic E-state index is 13.5. The van der Waals surface area contributed by atoms with Crippen LogP contribution in [0.2, 0.25) is 0 Å². The highest BCUT2D eigenvalue weighted by Gasteiger charge is 2.58. The largest absolute Gasteiger partial charge is 0.390 e. The fraction of sp³-hybridized carbons (Fsp3) is 0.889. The molecule has 0 aliphatic heterocycles. The van der Waals surface area contributed by atoms with Crippen molar-refractivity contribution in [2.45, 2.75) is 90.4 Å². The van der Waals surface area contributed by atoms with E-state index in [0.29, 0.717) is 44.0 Å². The van der Waals surface area contributed by atoms with E-state index in [-0.39, 0.29) is 11.3 Å². The lowest BCUT2D eigenvalue weighted by Crippen LogP contribution is -2.51. The van der Waals surface area contributed by atoms with Crippen LogP contribution < -0.4 is 0 Å². The first-order chi connectivity index (χ1) is 16.3. The molecule has 1 unspecified atom stereocenters. The van der Waals surface area contributed by atoms with Gasteiger partial charge in [0, 0.05) is 13.0 Å². The number of Topliss-reactive ketones (excluding diaryl/α,β-unsaturated/α-hetero) is 1.